The van der Waals surface area contributed by atoms with Gasteiger partial charge < -0.3 is 15.4 Å². The highest BCUT2D eigenvalue weighted by Crippen LogP contribution is 2.24. The molecule has 0 atom stereocenters. The second-order valence-corrected chi connectivity index (χ2v) is 6.73. The number of amides is 1. The molecule has 0 bridgehead atoms. The zero-order valence-corrected chi connectivity index (χ0v) is 15.0. The fraction of sp³-hybridized carbons (Fsp3) is 0.0625. The molecule has 1 heterocycles. The van der Waals surface area contributed by atoms with Crippen LogP contribution in [0.4, 0.5) is 11.4 Å². The van der Waals surface area contributed by atoms with Crippen LogP contribution in [0.3, 0.4) is 0 Å². The van der Waals surface area contributed by atoms with E-state index in [4.69, 9.17) is 16.7 Å². The lowest BCUT2D eigenvalue weighted by Crippen LogP contribution is -2.16. The Hall–Kier alpha value is -3.11. The van der Waals surface area contributed by atoms with Gasteiger partial charge in [0.2, 0.25) is 5.91 Å². The van der Waals surface area contributed by atoms with Crippen molar-refractivity contribution in [1.82, 2.24) is 9.97 Å². The molecule has 138 valence electrons. The summed E-state index contributed by atoms with van der Waals surface area (Å²) in [5, 5.41) is 23.2. The fourth-order valence-electron chi connectivity index (χ4n) is 2.28. The van der Waals surface area contributed by atoms with Crippen molar-refractivity contribution in [3.63, 3.8) is 0 Å². The van der Waals surface area contributed by atoms with Gasteiger partial charge in [-0.3, -0.25) is 14.9 Å². The Morgan fingerprint density at radius 2 is 2.07 bits per heavy atom. The first-order valence-electron chi connectivity index (χ1n) is 7.43. The van der Waals surface area contributed by atoms with Crippen LogP contribution in [-0.2, 0) is 4.79 Å². The smallest absolute Gasteiger partial charge is 0.337 e. The topological polar surface area (TPSA) is 138 Å². The Morgan fingerprint density at radius 1 is 1.30 bits per heavy atom. The van der Waals surface area contributed by atoms with Gasteiger partial charge in [-0.25, -0.2) is 9.78 Å². The molecule has 0 spiro atoms. The number of fused-ring (bicyclic) bond motifs is 1. The number of carbonyl (C=O) groups excluding carboxylic acids is 1. The highest BCUT2D eigenvalue weighted by molar-refractivity contribution is 7.99. The van der Waals surface area contributed by atoms with Gasteiger partial charge in [0.25, 0.3) is 5.69 Å². The standard InChI is InChI=1S/C16H11ClN4O5S/c17-8-1-3-10(15(23)24)12(5-8)18-14(22)7-27-16-19-11-4-2-9(21(25)26)6-13(11)20-16/h1-6H,7H2,(H,18,22)(H,19,20)(H,23,24). The number of carbonyl (C=O) groups is 2. The maximum absolute atomic E-state index is 12.1. The molecule has 9 nitrogen and oxygen atoms in total. The van der Waals surface area contributed by atoms with Gasteiger partial charge in [-0.05, 0) is 24.3 Å². The molecule has 0 saturated carbocycles. The van der Waals surface area contributed by atoms with Crippen molar-refractivity contribution in [3.05, 3.63) is 57.1 Å². The van der Waals surface area contributed by atoms with Crippen LogP contribution in [0.25, 0.3) is 11.0 Å². The highest BCUT2D eigenvalue weighted by Gasteiger charge is 2.15. The summed E-state index contributed by atoms with van der Waals surface area (Å²) in [7, 11) is 0. The number of thioether (sulfide) groups is 1. The van der Waals surface area contributed by atoms with E-state index in [2.05, 4.69) is 15.3 Å². The Labute approximate surface area is 160 Å². The average molecular weight is 407 g/mol. The number of anilines is 1. The average Bonchev–Trinajstić information content (AvgIpc) is 3.01. The lowest BCUT2D eigenvalue weighted by atomic mass is 10.2. The van der Waals surface area contributed by atoms with Gasteiger partial charge in [0.15, 0.2) is 5.16 Å². The number of non-ortho nitro benzene ring substituents is 1. The number of carboxylic acids is 1. The SMILES string of the molecule is O=C(CSc1nc2ccc([N+](=O)[O-])cc2[nH]1)Nc1cc(Cl)ccc1C(=O)O. The molecule has 3 rings (SSSR count). The normalized spacial score (nSPS) is 10.7. The largest absolute Gasteiger partial charge is 0.478 e. The van der Waals surface area contributed by atoms with Crippen molar-refractivity contribution in [2.24, 2.45) is 0 Å². The molecule has 0 fully saturated rings. The van der Waals surface area contributed by atoms with Crippen molar-refractivity contribution in [3.8, 4) is 0 Å². The number of hydrogen-bond donors (Lipinski definition) is 3. The molecule has 3 N–H and O–H groups in total. The summed E-state index contributed by atoms with van der Waals surface area (Å²) in [5.41, 5.74) is 0.971. The minimum atomic E-state index is -1.19. The van der Waals surface area contributed by atoms with Crippen molar-refractivity contribution >= 4 is 57.6 Å². The first-order valence-corrected chi connectivity index (χ1v) is 8.79. The number of nitro benzene ring substituents is 1. The highest BCUT2D eigenvalue weighted by atomic mass is 35.5. The van der Waals surface area contributed by atoms with E-state index in [0.717, 1.165) is 11.8 Å². The van der Waals surface area contributed by atoms with E-state index in [1.54, 1.807) is 0 Å². The van der Waals surface area contributed by atoms with Crippen LogP contribution in [0.5, 0.6) is 0 Å². The lowest BCUT2D eigenvalue weighted by molar-refractivity contribution is -0.384. The molecule has 0 aliphatic rings. The number of aromatic carboxylic acids is 1. The minimum absolute atomic E-state index is 0.0481. The summed E-state index contributed by atoms with van der Waals surface area (Å²) in [6.07, 6.45) is 0. The summed E-state index contributed by atoms with van der Waals surface area (Å²) in [6, 6.07) is 8.30. The zero-order valence-electron chi connectivity index (χ0n) is 13.4. The second kappa shape index (κ2) is 7.64. The number of H-pyrrole nitrogens is 1. The number of imidazole rings is 1. The van der Waals surface area contributed by atoms with Crippen LogP contribution in [-0.4, -0.2) is 37.6 Å². The number of carboxylic acid groups (broad SMARTS) is 1. The number of aromatic nitrogens is 2. The third-order valence-corrected chi connectivity index (χ3v) is 4.59. The van der Waals surface area contributed by atoms with E-state index in [9.17, 15) is 19.7 Å². The van der Waals surface area contributed by atoms with Gasteiger partial charge in [0, 0.05) is 17.2 Å². The molecule has 0 unspecified atom stereocenters. The van der Waals surface area contributed by atoms with Crippen LogP contribution in [0.1, 0.15) is 10.4 Å². The predicted octanol–water partition coefficient (Wildman–Crippen LogP) is 3.55. The number of halogens is 1. The Balaban J connectivity index is 1.69. The monoisotopic (exact) mass is 406 g/mol. The molecule has 0 aliphatic heterocycles. The zero-order chi connectivity index (χ0) is 19.6. The van der Waals surface area contributed by atoms with Crippen molar-refractivity contribution in [2.75, 3.05) is 11.1 Å². The molecule has 27 heavy (non-hydrogen) atoms. The fourth-order valence-corrected chi connectivity index (χ4v) is 3.14. The Kier molecular flexibility index (Phi) is 5.28. The van der Waals surface area contributed by atoms with Crippen molar-refractivity contribution in [2.45, 2.75) is 5.16 Å². The van der Waals surface area contributed by atoms with Crippen molar-refractivity contribution in [1.29, 1.82) is 0 Å². The number of hydrogen-bond acceptors (Lipinski definition) is 6. The number of rotatable bonds is 6. The minimum Gasteiger partial charge on any atom is -0.478 e. The number of benzene rings is 2. The Bertz CT molecular complexity index is 1070. The van der Waals surface area contributed by atoms with Gasteiger partial charge in [-0.1, -0.05) is 23.4 Å². The number of aromatic amines is 1. The van der Waals surface area contributed by atoms with Crippen LogP contribution >= 0.6 is 23.4 Å². The Morgan fingerprint density at radius 3 is 2.78 bits per heavy atom. The van der Waals surface area contributed by atoms with E-state index in [1.807, 2.05) is 0 Å². The van der Waals surface area contributed by atoms with E-state index in [-0.39, 0.29) is 22.7 Å². The van der Waals surface area contributed by atoms with Crippen LogP contribution in [0.2, 0.25) is 5.02 Å². The summed E-state index contributed by atoms with van der Waals surface area (Å²) in [6.45, 7) is 0. The van der Waals surface area contributed by atoms with E-state index in [0.29, 0.717) is 21.2 Å². The second-order valence-electron chi connectivity index (χ2n) is 5.33. The molecule has 0 saturated heterocycles. The van der Waals surface area contributed by atoms with Gasteiger partial charge in [0.1, 0.15) is 0 Å². The third-order valence-electron chi connectivity index (χ3n) is 3.48. The molecule has 0 radical (unpaired) electrons. The summed E-state index contributed by atoms with van der Waals surface area (Å²) < 4.78 is 0. The first-order chi connectivity index (χ1) is 12.8. The van der Waals surface area contributed by atoms with E-state index in [1.165, 1.54) is 36.4 Å². The number of nitrogens with one attached hydrogen (secondary N) is 2. The van der Waals surface area contributed by atoms with Gasteiger partial charge >= 0.3 is 5.97 Å². The van der Waals surface area contributed by atoms with Crippen molar-refractivity contribution < 1.29 is 19.6 Å². The molecular weight excluding hydrogens is 396 g/mol. The van der Waals surface area contributed by atoms with E-state index >= 15 is 0 Å². The molecular formula is C16H11ClN4O5S. The number of nitrogens with zero attached hydrogens (tertiary/aromatic N) is 2. The molecule has 1 amide bonds. The van der Waals surface area contributed by atoms with Gasteiger partial charge in [-0.15, -0.1) is 0 Å². The molecule has 2 aromatic carbocycles. The van der Waals surface area contributed by atoms with Gasteiger partial charge in [-0.2, -0.15) is 0 Å². The molecule has 0 aliphatic carbocycles. The maximum atomic E-state index is 12.1. The lowest BCUT2D eigenvalue weighted by Gasteiger charge is -2.08. The number of nitro groups is 1. The molecule has 1 aromatic heterocycles. The van der Waals surface area contributed by atoms with Gasteiger partial charge in [0.05, 0.1) is 33.0 Å². The van der Waals surface area contributed by atoms with Crippen LogP contribution in [0.15, 0.2) is 41.6 Å². The van der Waals surface area contributed by atoms with E-state index < -0.39 is 16.8 Å². The summed E-state index contributed by atoms with van der Waals surface area (Å²) in [5.74, 6) is -1.68. The molecule has 11 heteroatoms. The van der Waals surface area contributed by atoms with Crippen LogP contribution in [0, 0.1) is 10.1 Å². The maximum Gasteiger partial charge on any atom is 0.337 e. The quantitative estimate of drug-likeness (QED) is 0.323. The predicted molar refractivity (Wildman–Crippen MR) is 101 cm³/mol. The third kappa shape index (κ3) is 4.36. The first kappa shape index (κ1) is 18.7. The summed E-state index contributed by atoms with van der Waals surface area (Å²) >= 11 is 6.92. The summed E-state index contributed by atoms with van der Waals surface area (Å²) in [4.78, 5) is 40.8. The van der Waals surface area contributed by atoms with Crippen LogP contribution < -0.4 is 5.32 Å². The molecule has 3 aromatic rings.